The predicted molar refractivity (Wildman–Crippen MR) is 31.0 cm³/mol. The summed E-state index contributed by atoms with van der Waals surface area (Å²) < 4.78 is 0. The monoisotopic (exact) mass is 114 g/mol. The van der Waals surface area contributed by atoms with Gasteiger partial charge in [-0.2, -0.15) is 0 Å². The molecule has 0 aliphatic carbocycles. The zero-order valence-corrected chi connectivity index (χ0v) is 5.02. The van der Waals surface area contributed by atoms with E-state index in [1.807, 2.05) is 6.92 Å². The second kappa shape index (κ2) is 6.48. The average molecular weight is 114 g/mol. The van der Waals surface area contributed by atoms with Crippen molar-refractivity contribution in [2.45, 2.75) is 13.3 Å². The molecule has 2 heteroatoms. The largest absolute Gasteiger partial charge is 0.236 e. The molecule has 0 aliphatic heterocycles. The summed E-state index contributed by atoms with van der Waals surface area (Å²) in [6.07, 6.45) is 5.80. The highest BCUT2D eigenvalue weighted by Crippen LogP contribution is 1.79. The molecule has 0 saturated carbocycles. The highest BCUT2D eigenvalue weighted by Gasteiger charge is 1.79. The van der Waals surface area contributed by atoms with Gasteiger partial charge in [-0.1, -0.05) is 12.8 Å². The molecule has 0 heterocycles. The molecular formula is C6H10O2. The normalized spacial score (nSPS) is 8.50. The molecule has 8 heavy (non-hydrogen) atoms. The number of hydrogen-bond donors (Lipinski definition) is 0. The summed E-state index contributed by atoms with van der Waals surface area (Å²) >= 11 is 0. The second-order valence-electron chi connectivity index (χ2n) is 1.29. The van der Waals surface area contributed by atoms with Gasteiger partial charge in [-0.15, -0.1) is 6.42 Å². The highest BCUT2D eigenvalue weighted by molar-refractivity contribution is 4.81. The number of rotatable bonds is 4. The molecule has 0 rings (SSSR count). The van der Waals surface area contributed by atoms with Gasteiger partial charge in [0.25, 0.3) is 0 Å². The third-order valence-corrected chi connectivity index (χ3v) is 0.513. The second-order valence-corrected chi connectivity index (χ2v) is 1.29. The van der Waals surface area contributed by atoms with E-state index in [9.17, 15) is 0 Å². The molecule has 0 amide bonds. The fourth-order valence-electron chi connectivity index (χ4n) is 0.218. The third kappa shape index (κ3) is 5.48. The first-order chi connectivity index (χ1) is 3.91. The van der Waals surface area contributed by atoms with Gasteiger partial charge >= 0.3 is 0 Å². The molecule has 0 aromatic carbocycles. The average Bonchev–Trinajstić information content (AvgIpc) is 1.81. The Kier molecular flexibility index (Phi) is 6.06. The van der Waals surface area contributed by atoms with Crippen LogP contribution in [-0.4, -0.2) is 13.2 Å². The molecule has 0 radical (unpaired) electrons. The first-order valence-corrected chi connectivity index (χ1v) is 2.59. The molecule has 0 aromatic rings. The fraction of sp³-hybridized carbons (Fsp3) is 0.667. The first-order valence-electron chi connectivity index (χ1n) is 2.59. The maximum absolute atomic E-state index is 4.86. The van der Waals surface area contributed by atoms with Gasteiger partial charge in [-0.05, 0) is 6.42 Å². The van der Waals surface area contributed by atoms with Gasteiger partial charge in [0.2, 0.25) is 0 Å². The molecule has 0 saturated heterocycles. The lowest BCUT2D eigenvalue weighted by molar-refractivity contribution is -0.284. The van der Waals surface area contributed by atoms with Crippen LogP contribution in [-0.2, 0) is 9.78 Å². The lowest BCUT2D eigenvalue weighted by atomic mass is 10.5. The van der Waals surface area contributed by atoms with Crippen LogP contribution in [0, 0.1) is 12.3 Å². The van der Waals surface area contributed by atoms with E-state index in [2.05, 4.69) is 15.7 Å². The number of hydrogen-bond acceptors (Lipinski definition) is 2. The zero-order valence-electron chi connectivity index (χ0n) is 5.02. The van der Waals surface area contributed by atoms with Crippen LogP contribution in [0.25, 0.3) is 0 Å². The molecule has 0 fully saturated rings. The van der Waals surface area contributed by atoms with Gasteiger partial charge in [0.1, 0.15) is 6.61 Å². The van der Waals surface area contributed by atoms with Crippen molar-refractivity contribution >= 4 is 0 Å². The Morgan fingerprint density at radius 1 is 1.50 bits per heavy atom. The van der Waals surface area contributed by atoms with Crippen LogP contribution in [0.5, 0.6) is 0 Å². The van der Waals surface area contributed by atoms with Crippen LogP contribution in [0.4, 0.5) is 0 Å². The SMILES string of the molecule is C#CCOOCCC. The topological polar surface area (TPSA) is 18.5 Å². The summed E-state index contributed by atoms with van der Waals surface area (Å²) in [5, 5.41) is 0. The van der Waals surface area contributed by atoms with Crippen molar-refractivity contribution in [3.63, 3.8) is 0 Å². The minimum Gasteiger partial charge on any atom is -0.236 e. The van der Waals surface area contributed by atoms with E-state index >= 15 is 0 Å². The minimum absolute atomic E-state index is 0.236. The molecule has 0 spiro atoms. The molecule has 0 N–H and O–H groups in total. The molecule has 0 aliphatic rings. The Bertz CT molecular complexity index is 73.1. The Balaban J connectivity index is 2.65. The van der Waals surface area contributed by atoms with E-state index in [1.54, 1.807) is 0 Å². The summed E-state index contributed by atoms with van der Waals surface area (Å²) in [5.74, 6) is 2.28. The van der Waals surface area contributed by atoms with Crippen LogP contribution in [0.15, 0.2) is 0 Å². The molecule has 0 bridgehead atoms. The van der Waals surface area contributed by atoms with Crippen LogP contribution in [0.2, 0.25) is 0 Å². The molecular weight excluding hydrogens is 104 g/mol. The van der Waals surface area contributed by atoms with Crippen LogP contribution < -0.4 is 0 Å². The maximum Gasteiger partial charge on any atom is 0.142 e. The molecule has 2 nitrogen and oxygen atoms in total. The lowest BCUT2D eigenvalue weighted by Gasteiger charge is -1.95. The van der Waals surface area contributed by atoms with Crippen molar-refractivity contribution in [1.29, 1.82) is 0 Å². The van der Waals surface area contributed by atoms with Gasteiger partial charge in [-0.3, -0.25) is 0 Å². The van der Waals surface area contributed by atoms with E-state index in [0.29, 0.717) is 6.61 Å². The van der Waals surface area contributed by atoms with Crippen molar-refractivity contribution in [3.8, 4) is 12.3 Å². The van der Waals surface area contributed by atoms with Crippen LogP contribution in [0.1, 0.15) is 13.3 Å². The summed E-state index contributed by atoms with van der Waals surface area (Å²) in [5.41, 5.74) is 0. The smallest absolute Gasteiger partial charge is 0.142 e. The van der Waals surface area contributed by atoms with Crippen LogP contribution in [0.3, 0.4) is 0 Å². The summed E-state index contributed by atoms with van der Waals surface area (Å²) in [6, 6.07) is 0. The molecule has 0 aromatic heterocycles. The van der Waals surface area contributed by atoms with E-state index in [0.717, 1.165) is 6.42 Å². The Morgan fingerprint density at radius 3 is 2.75 bits per heavy atom. The molecule has 0 unspecified atom stereocenters. The summed E-state index contributed by atoms with van der Waals surface area (Å²) in [4.78, 5) is 9.07. The van der Waals surface area contributed by atoms with E-state index in [1.165, 1.54) is 0 Å². The molecule has 46 valence electrons. The zero-order chi connectivity index (χ0) is 6.24. The first kappa shape index (κ1) is 7.48. The van der Waals surface area contributed by atoms with Crippen molar-refractivity contribution in [3.05, 3.63) is 0 Å². The van der Waals surface area contributed by atoms with Crippen molar-refractivity contribution in [2.75, 3.05) is 13.2 Å². The van der Waals surface area contributed by atoms with Gasteiger partial charge in [0.15, 0.2) is 0 Å². The van der Waals surface area contributed by atoms with E-state index in [4.69, 9.17) is 6.42 Å². The van der Waals surface area contributed by atoms with Crippen molar-refractivity contribution in [1.82, 2.24) is 0 Å². The minimum atomic E-state index is 0.236. The van der Waals surface area contributed by atoms with Gasteiger partial charge in [0, 0.05) is 0 Å². The van der Waals surface area contributed by atoms with Gasteiger partial charge < -0.3 is 0 Å². The van der Waals surface area contributed by atoms with Crippen molar-refractivity contribution < 1.29 is 9.78 Å². The maximum atomic E-state index is 4.86. The highest BCUT2D eigenvalue weighted by atomic mass is 17.2. The lowest BCUT2D eigenvalue weighted by Crippen LogP contribution is -1.94. The quantitative estimate of drug-likeness (QED) is 0.235. The van der Waals surface area contributed by atoms with Gasteiger partial charge in [0.05, 0.1) is 6.61 Å². The van der Waals surface area contributed by atoms with Crippen LogP contribution >= 0.6 is 0 Å². The molecule has 0 atom stereocenters. The standard InChI is InChI=1S/C6H10O2/c1-3-5-7-8-6-4-2/h1H,4-6H2,2H3. The summed E-state index contributed by atoms with van der Waals surface area (Å²) in [6.45, 7) is 2.85. The van der Waals surface area contributed by atoms with E-state index < -0.39 is 0 Å². The number of terminal acetylenes is 1. The summed E-state index contributed by atoms with van der Waals surface area (Å²) in [7, 11) is 0. The van der Waals surface area contributed by atoms with Gasteiger partial charge in [-0.25, -0.2) is 9.78 Å². The Morgan fingerprint density at radius 2 is 2.25 bits per heavy atom. The van der Waals surface area contributed by atoms with Crippen molar-refractivity contribution in [2.24, 2.45) is 0 Å². The predicted octanol–water partition coefficient (Wildman–Crippen LogP) is 0.978. The third-order valence-electron chi connectivity index (χ3n) is 0.513. The Hall–Kier alpha value is -0.520. The fourth-order valence-corrected chi connectivity index (χ4v) is 0.218. The Labute approximate surface area is 49.7 Å². The van der Waals surface area contributed by atoms with E-state index in [-0.39, 0.29) is 6.61 Å².